The summed E-state index contributed by atoms with van der Waals surface area (Å²) in [5.41, 5.74) is 0. The molecule has 0 saturated heterocycles. The van der Waals surface area contributed by atoms with Crippen molar-refractivity contribution in [3.8, 4) is 0 Å². The van der Waals surface area contributed by atoms with Gasteiger partial charge in [-0.05, 0) is 12.8 Å². The molecule has 0 aliphatic carbocycles. The van der Waals surface area contributed by atoms with E-state index in [1.807, 2.05) is 0 Å². The monoisotopic (exact) mass is 271 g/mol. The van der Waals surface area contributed by atoms with E-state index in [9.17, 15) is 4.79 Å². The van der Waals surface area contributed by atoms with Gasteiger partial charge in [-0.25, -0.2) is 0 Å². The summed E-state index contributed by atoms with van der Waals surface area (Å²) in [6, 6.07) is 0. The number of aliphatic carboxylic acids is 1. The minimum atomic E-state index is -0.688. The van der Waals surface area contributed by atoms with Crippen LogP contribution in [0.15, 0.2) is 0 Å². The van der Waals surface area contributed by atoms with Crippen LogP contribution in [-0.4, -0.2) is 17.6 Å². The van der Waals surface area contributed by atoms with Crippen LogP contribution in [0.25, 0.3) is 0 Å². The summed E-state index contributed by atoms with van der Waals surface area (Å²) in [6.45, 7) is 2.71. The first kappa shape index (κ1) is 11.2. The van der Waals surface area contributed by atoms with Crippen LogP contribution in [0.1, 0.15) is 26.2 Å². The molecule has 0 aromatic rings. The Morgan fingerprint density at radius 3 is 2.73 bits per heavy atom. The zero-order valence-corrected chi connectivity index (χ0v) is 8.80. The maximum atomic E-state index is 10.3. The Labute approximate surface area is 81.1 Å². The van der Waals surface area contributed by atoms with E-state index in [0.717, 1.165) is 25.8 Å². The van der Waals surface area contributed by atoms with Gasteiger partial charge in [0.1, 0.15) is 0 Å². The molecule has 0 aliphatic heterocycles. The van der Waals surface area contributed by atoms with Gasteiger partial charge >= 0.3 is 5.97 Å². The smallest absolute Gasteiger partial charge is 0.306 e. The van der Waals surface area contributed by atoms with Crippen LogP contribution in [-0.2, 0) is 4.79 Å². The van der Waals surface area contributed by atoms with Gasteiger partial charge in [-0.2, -0.15) is 0 Å². The van der Waals surface area contributed by atoms with Crippen molar-refractivity contribution in [1.29, 1.82) is 0 Å². The van der Waals surface area contributed by atoms with Crippen LogP contribution >= 0.6 is 22.9 Å². The summed E-state index contributed by atoms with van der Waals surface area (Å²) < 4.78 is 2.99. The molecule has 4 heteroatoms. The molecule has 1 atom stereocenters. The lowest BCUT2D eigenvalue weighted by molar-refractivity contribution is -0.141. The molecule has 0 fully saturated rings. The molecular weight excluding hydrogens is 257 g/mol. The zero-order chi connectivity index (χ0) is 8.69. The molecule has 11 heavy (non-hydrogen) atoms. The Balaban J connectivity index is 3.17. The molecule has 0 aromatic carbocycles. The lowest BCUT2D eigenvalue weighted by Crippen LogP contribution is -2.10. The average molecular weight is 271 g/mol. The Morgan fingerprint density at radius 2 is 2.27 bits per heavy atom. The van der Waals surface area contributed by atoms with E-state index in [-0.39, 0.29) is 5.92 Å². The van der Waals surface area contributed by atoms with Gasteiger partial charge in [0.2, 0.25) is 0 Å². The van der Waals surface area contributed by atoms with E-state index in [2.05, 4.69) is 26.4 Å². The standard InChI is InChI=1S/C7H14INO2/c1-6(7(10)11)4-2-3-5-9-8/h6,9H,2-5H2,1H3,(H,10,11). The minimum Gasteiger partial charge on any atom is -0.481 e. The molecule has 3 nitrogen and oxygen atoms in total. The molecule has 0 heterocycles. The van der Waals surface area contributed by atoms with Gasteiger partial charge in [-0.1, -0.05) is 13.3 Å². The lowest BCUT2D eigenvalue weighted by Gasteiger charge is -2.04. The highest BCUT2D eigenvalue weighted by atomic mass is 127. The maximum Gasteiger partial charge on any atom is 0.306 e. The van der Waals surface area contributed by atoms with Gasteiger partial charge in [0.15, 0.2) is 0 Å². The van der Waals surface area contributed by atoms with Gasteiger partial charge in [0.25, 0.3) is 0 Å². The first-order chi connectivity index (χ1) is 5.18. The molecular formula is C7H14INO2. The van der Waals surface area contributed by atoms with Crippen molar-refractivity contribution < 1.29 is 9.90 Å². The van der Waals surface area contributed by atoms with Crippen molar-refractivity contribution in [1.82, 2.24) is 3.53 Å². The fourth-order valence-electron chi connectivity index (χ4n) is 0.766. The molecule has 66 valence electrons. The molecule has 2 N–H and O–H groups in total. The molecule has 0 rings (SSSR count). The number of hydrogen-bond acceptors (Lipinski definition) is 2. The number of carbonyl (C=O) groups is 1. The van der Waals surface area contributed by atoms with Crippen molar-refractivity contribution in [2.75, 3.05) is 6.54 Å². The van der Waals surface area contributed by atoms with Crippen molar-refractivity contribution in [3.05, 3.63) is 0 Å². The topological polar surface area (TPSA) is 49.3 Å². The second-order valence-corrected chi connectivity index (χ2v) is 3.38. The van der Waals surface area contributed by atoms with Crippen LogP contribution < -0.4 is 3.53 Å². The van der Waals surface area contributed by atoms with Gasteiger partial charge < -0.3 is 5.11 Å². The van der Waals surface area contributed by atoms with E-state index in [1.165, 1.54) is 0 Å². The number of unbranched alkanes of at least 4 members (excludes halogenated alkanes) is 1. The largest absolute Gasteiger partial charge is 0.481 e. The number of halogens is 1. The van der Waals surface area contributed by atoms with Crippen LogP contribution in [0, 0.1) is 5.92 Å². The van der Waals surface area contributed by atoms with Crippen LogP contribution in [0.2, 0.25) is 0 Å². The van der Waals surface area contributed by atoms with Gasteiger partial charge in [0, 0.05) is 29.4 Å². The first-order valence-corrected chi connectivity index (χ1v) is 4.82. The van der Waals surface area contributed by atoms with E-state index in [0.29, 0.717) is 0 Å². The number of carboxylic acids is 1. The predicted octanol–water partition coefficient (Wildman–Crippen LogP) is 1.82. The van der Waals surface area contributed by atoms with E-state index in [4.69, 9.17) is 5.11 Å². The van der Waals surface area contributed by atoms with E-state index < -0.39 is 5.97 Å². The third-order valence-corrected chi connectivity index (χ3v) is 2.12. The Hall–Kier alpha value is 0.160. The van der Waals surface area contributed by atoms with Crippen molar-refractivity contribution >= 4 is 28.8 Å². The molecule has 0 aliphatic rings. The van der Waals surface area contributed by atoms with Crippen LogP contribution in [0.5, 0.6) is 0 Å². The number of carboxylic acid groups (broad SMARTS) is 1. The molecule has 0 bridgehead atoms. The van der Waals surface area contributed by atoms with Gasteiger partial charge in [-0.3, -0.25) is 8.32 Å². The summed E-state index contributed by atoms with van der Waals surface area (Å²) in [6.07, 6.45) is 2.83. The first-order valence-electron chi connectivity index (χ1n) is 3.74. The highest BCUT2D eigenvalue weighted by Crippen LogP contribution is 2.06. The number of rotatable bonds is 6. The number of hydrogen-bond donors (Lipinski definition) is 2. The quantitative estimate of drug-likeness (QED) is 0.440. The van der Waals surface area contributed by atoms with Crippen LogP contribution in [0.4, 0.5) is 0 Å². The molecule has 0 spiro atoms. The van der Waals surface area contributed by atoms with Gasteiger partial charge in [-0.15, -0.1) is 0 Å². The average Bonchev–Trinajstić information content (AvgIpc) is 1.97. The molecule has 0 saturated carbocycles. The minimum absolute atomic E-state index is 0.191. The third kappa shape index (κ3) is 6.55. The third-order valence-electron chi connectivity index (χ3n) is 1.58. The summed E-state index contributed by atoms with van der Waals surface area (Å²) in [4.78, 5) is 10.3. The van der Waals surface area contributed by atoms with Crippen molar-refractivity contribution in [2.24, 2.45) is 5.92 Å². The summed E-state index contributed by atoms with van der Waals surface area (Å²) in [5, 5.41) is 8.52. The Bertz CT molecular complexity index is 119. The van der Waals surface area contributed by atoms with Gasteiger partial charge in [0.05, 0.1) is 5.92 Å². The molecule has 0 amide bonds. The second kappa shape index (κ2) is 6.84. The predicted molar refractivity (Wildman–Crippen MR) is 52.7 cm³/mol. The SMILES string of the molecule is CC(CCCCNI)C(=O)O. The molecule has 0 aromatic heterocycles. The number of nitrogens with one attached hydrogen (secondary N) is 1. The molecule has 0 radical (unpaired) electrons. The Morgan fingerprint density at radius 1 is 1.64 bits per heavy atom. The maximum absolute atomic E-state index is 10.3. The Kier molecular flexibility index (Phi) is 6.94. The second-order valence-electron chi connectivity index (χ2n) is 2.62. The summed E-state index contributed by atoms with van der Waals surface area (Å²) in [7, 11) is 0. The fraction of sp³-hybridized carbons (Fsp3) is 0.857. The van der Waals surface area contributed by atoms with E-state index >= 15 is 0 Å². The normalized spacial score (nSPS) is 12.9. The highest BCUT2D eigenvalue weighted by molar-refractivity contribution is 14.1. The lowest BCUT2D eigenvalue weighted by atomic mass is 10.1. The highest BCUT2D eigenvalue weighted by Gasteiger charge is 2.08. The fourth-order valence-corrected chi connectivity index (χ4v) is 1.15. The molecule has 1 unspecified atom stereocenters. The summed E-state index contributed by atoms with van der Waals surface area (Å²) in [5.74, 6) is -0.878. The van der Waals surface area contributed by atoms with E-state index in [1.54, 1.807) is 6.92 Å². The van der Waals surface area contributed by atoms with Crippen molar-refractivity contribution in [3.63, 3.8) is 0 Å². The zero-order valence-electron chi connectivity index (χ0n) is 6.64. The summed E-state index contributed by atoms with van der Waals surface area (Å²) >= 11 is 2.09. The van der Waals surface area contributed by atoms with Crippen LogP contribution in [0.3, 0.4) is 0 Å². The van der Waals surface area contributed by atoms with Crippen molar-refractivity contribution in [2.45, 2.75) is 26.2 Å².